The fourth-order valence-electron chi connectivity index (χ4n) is 2.35. The Hall–Kier alpha value is -1.67. The summed E-state index contributed by atoms with van der Waals surface area (Å²) in [6, 6.07) is 7.22. The molecule has 1 saturated heterocycles. The number of rotatable bonds is 9. The Morgan fingerprint density at radius 1 is 1.36 bits per heavy atom. The zero-order valence-electron chi connectivity index (χ0n) is 14.6. The van der Waals surface area contributed by atoms with Crippen molar-refractivity contribution in [1.29, 1.82) is 0 Å². The largest absolute Gasteiger partial charge is 0.491 e. The zero-order valence-corrected chi connectivity index (χ0v) is 14.6. The fraction of sp³-hybridized carbons (Fsp3) is 0.611. The number of carbonyl (C=O) groups excluding carboxylic acids is 1. The summed E-state index contributed by atoms with van der Waals surface area (Å²) in [6.45, 7) is 3.97. The van der Waals surface area contributed by atoms with Gasteiger partial charge >= 0.3 is 5.97 Å². The van der Waals surface area contributed by atoms with Gasteiger partial charge in [-0.15, -0.1) is 0 Å². The Labute approximate surface area is 147 Å². The van der Waals surface area contributed by atoms with Gasteiger partial charge in [-0.05, 0) is 38.0 Å². The molecule has 2 N–H and O–H groups in total. The number of aliphatic hydroxyl groups excluding tert-OH is 2. The summed E-state index contributed by atoms with van der Waals surface area (Å²) in [6.07, 6.45) is -0.273. The van der Waals surface area contributed by atoms with Gasteiger partial charge < -0.3 is 29.2 Å². The molecule has 7 nitrogen and oxygen atoms in total. The smallest absolute Gasteiger partial charge is 0.306 e. The lowest BCUT2D eigenvalue weighted by atomic mass is 10.1. The molecule has 1 fully saturated rings. The minimum Gasteiger partial charge on any atom is -0.491 e. The first-order chi connectivity index (χ1) is 11.9. The summed E-state index contributed by atoms with van der Waals surface area (Å²) >= 11 is 0. The molecule has 0 bridgehead atoms. The molecular formula is C18H26O7. The van der Waals surface area contributed by atoms with Crippen molar-refractivity contribution >= 4 is 5.97 Å². The van der Waals surface area contributed by atoms with E-state index in [0.717, 1.165) is 5.56 Å². The summed E-state index contributed by atoms with van der Waals surface area (Å²) in [7, 11) is 0. The van der Waals surface area contributed by atoms with Gasteiger partial charge in [0.05, 0.1) is 13.2 Å². The quantitative estimate of drug-likeness (QED) is 0.640. The monoisotopic (exact) mass is 354 g/mol. The molecule has 0 radical (unpaired) electrons. The Kier molecular flexibility index (Phi) is 7.19. The van der Waals surface area contributed by atoms with E-state index in [9.17, 15) is 9.90 Å². The van der Waals surface area contributed by atoms with E-state index >= 15 is 0 Å². The van der Waals surface area contributed by atoms with E-state index in [0.29, 0.717) is 18.8 Å². The van der Waals surface area contributed by atoms with Gasteiger partial charge in [-0.2, -0.15) is 0 Å². The Balaban J connectivity index is 1.66. The second kappa shape index (κ2) is 9.15. The summed E-state index contributed by atoms with van der Waals surface area (Å²) in [5.41, 5.74) is 0.980. The van der Waals surface area contributed by atoms with E-state index in [-0.39, 0.29) is 38.3 Å². The lowest BCUT2D eigenvalue weighted by molar-refractivity contribution is -0.158. The summed E-state index contributed by atoms with van der Waals surface area (Å²) in [4.78, 5) is 11.8. The fourth-order valence-corrected chi connectivity index (χ4v) is 2.35. The average molecular weight is 354 g/mol. The number of benzene rings is 1. The standard InChI is InChI=1S/C18H26O7/c1-18(2)24-12-16(25-18)11-23-17(21)8-5-13-3-6-15(7-4-13)22-10-14(20)9-19/h3-4,6-7,14,16,19-20H,5,8-12H2,1-2H3/t14-,16?/m0/s1. The van der Waals surface area contributed by atoms with Crippen LogP contribution in [0.2, 0.25) is 0 Å². The molecule has 0 aromatic heterocycles. The van der Waals surface area contributed by atoms with Crippen LogP contribution < -0.4 is 4.74 Å². The highest BCUT2D eigenvalue weighted by Gasteiger charge is 2.33. The van der Waals surface area contributed by atoms with E-state index < -0.39 is 11.9 Å². The number of esters is 1. The second-order valence-electron chi connectivity index (χ2n) is 6.43. The highest BCUT2D eigenvalue weighted by molar-refractivity contribution is 5.69. The lowest BCUT2D eigenvalue weighted by Gasteiger charge is -2.17. The minimum atomic E-state index is -0.894. The summed E-state index contributed by atoms with van der Waals surface area (Å²) < 4.78 is 21.5. The van der Waals surface area contributed by atoms with Crippen molar-refractivity contribution < 1.29 is 34.0 Å². The van der Waals surface area contributed by atoms with Crippen molar-refractivity contribution in [2.24, 2.45) is 0 Å². The third-order valence-corrected chi connectivity index (χ3v) is 3.69. The molecule has 0 amide bonds. The van der Waals surface area contributed by atoms with Crippen LogP contribution in [0.5, 0.6) is 5.75 Å². The lowest BCUT2D eigenvalue weighted by Crippen LogP contribution is -2.25. The van der Waals surface area contributed by atoms with Gasteiger partial charge in [-0.25, -0.2) is 0 Å². The molecule has 0 spiro atoms. The van der Waals surface area contributed by atoms with Crippen molar-refractivity contribution in [3.8, 4) is 5.75 Å². The third kappa shape index (κ3) is 6.99. The predicted octanol–water partition coefficient (Wildman–Crippen LogP) is 1.05. The minimum absolute atomic E-state index is 0.0337. The van der Waals surface area contributed by atoms with Crippen molar-refractivity contribution in [3.63, 3.8) is 0 Å². The van der Waals surface area contributed by atoms with Crippen LogP contribution in [-0.4, -0.2) is 60.6 Å². The van der Waals surface area contributed by atoms with Gasteiger partial charge in [0.1, 0.15) is 31.2 Å². The van der Waals surface area contributed by atoms with Gasteiger partial charge in [0, 0.05) is 6.42 Å². The number of aliphatic hydroxyl groups is 2. The van der Waals surface area contributed by atoms with Gasteiger partial charge in [-0.3, -0.25) is 4.79 Å². The molecule has 7 heteroatoms. The molecule has 2 rings (SSSR count). The number of hydrogen-bond acceptors (Lipinski definition) is 7. The Morgan fingerprint density at radius 2 is 2.08 bits per heavy atom. The van der Waals surface area contributed by atoms with Gasteiger partial charge in [0.25, 0.3) is 0 Å². The van der Waals surface area contributed by atoms with Crippen LogP contribution in [0.3, 0.4) is 0 Å². The molecule has 140 valence electrons. The van der Waals surface area contributed by atoms with Crippen LogP contribution in [0, 0.1) is 0 Å². The molecule has 0 saturated carbocycles. The first kappa shape index (κ1) is 19.7. The average Bonchev–Trinajstić information content (AvgIpc) is 2.95. The Bertz CT molecular complexity index is 541. The van der Waals surface area contributed by atoms with E-state index in [1.807, 2.05) is 26.0 Å². The predicted molar refractivity (Wildman–Crippen MR) is 89.2 cm³/mol. The van der Waals surface area contributed by atoms with Crippen molar-refractivity contribution in [3.05, 3.63) is 29.8 Å². The van der Waals surface area contributed by atoms with Crippen LogP contribution >= 0.6 is 0 Å². The number of ether oxygens (including phenoxy) is 4. The number of aryl methyl sites for hydroxylation is 1. The van der Waals surface area contributed by atoms with Crippen LogP contribution in [0.4, 0.5) is 0 Å². The van der Waals surface area contributed by atoms with E-state index in [1.54, 1.807) is 12.1 Å². The molecule has 25 heavy (non-hydrogen) atoms. The molecular weight excluding hydrogens is 328 g/mol. The maximum absolute atomic E-state index is 11.8. The van der Waals surface area contributed by atoms with Crippen LogP contribution in [0.15, 0.2) is 24.3 Å². The van der Waals surface area contributed by atoms with Crippen LogP contribution in [0.1, 0.15) is 25.8 Å². The normalized spacial score (nSPS) is 20.2. The van der Waals surface area contributed by atoms with Crippen molar-refractivity contribution in [2.75, 3.05) is 26.4 Å². The maximum atomic E-state index is 11.8. The van der Waals surface area contributed by atoms with E-state index in [2.05, 4.69) is 0 Å². The first-order valence-corrected chi connectivity index (χ1v) is 8.36. The third-order valence-electron chi connectivity index (χ3n) is 3.69. The molecule has 1 aliphatic rings. The van der Waals surface area contributed by atoms with Gasteiger partial charge in [-0.1, -0.05) is 12.1 Å². The van der Waals surface area contributed by atoms with Crippen molar-refractivity contribution in [1.82, 2.24) is 0 Å². The molecule has 1 aliphatic heterocycles. The highest BCUT2D eigenvalue weighted by atomic mass is 16.7. The molecule has 1 heterocycles. The Morgan fingerprint density at radius 3 is 2.68 bits per heavy atom. The molecule has 0 aliphatic carbocycles. The maximum Gasteiger partial charge on any atom is 0.306 e. The van der Waals surface area contributed by atoms with Crippen LogP contribution in [-0.2, 0) is 25.4 Å². The second-order valence-corrected chi connectivity index (χ2v) is 6.43. The van der Waals surface area contributed by atoms with E-state index in [1.165, 1.54) is 0 Å². The van der Waals surface area contributed by atoms with E-state index in [4.69, 9.17) is 24.1 Å². The van der Waals surface area contributed by atoms with Gasteiger partial charge in [0.2, 0.25) is 0 Å². The van der Waals surface area contributed by atoms with Crippen molar-refractivity contribution in [2.45, 2.75) is 44.7 Å². The van der Waals surface area contributed by atoms with Crippen LogP contribution in [0.25, 0.3) is 0 Å². The molecule has 1 unspecified atom stereocenters. The number of carbonyl (C=O) groups is 1. The van der Waals surface area contributed by atoms with Gasteiger partial charge in [0.15, 0.2) is 5.79 Å². The molecule has 1 aromatic rings. The zero-order chi connectivity index (χ0) is 18.3. The molecule has 2 atom stereocenters. The topological polar surface area (TPSA) is 94.5 Å². The highest BCUT2D eigenvalue weighted by Crippen LogP contribution is 2.22. The SMILES string of the molecule is CC1(C)OCC(COC(=O)CCc2ccc(OC[C@@H](O)CO)cc2)O1. The summed E-state index contributed by atoms with van der Waals surface area (Å²) in [5, 5.41) is 18.0. The number of hydrogen-bond donors (Lipinski definition) is 2. The first-order valence-electron chi connectivity index (χ1n) is 8.36. The summed E-state index contributed by atoms with van der Waals surface area (Å²) in [5.74, 6) is -0.298. The molecule has 1 aromatic carbocycles.